The lowest BCUT2D eigenvalue weighted by Gasteiger charge is -2.24. The van der Waals surface area contributed by atoms with Gasteiger partial charge in [0.25, 0.3) is 0 Å². The number of nitrogens with zero attached hydrogens (tertiary/aromatic N) is 1. The van der Waals surface area contributed by atoms with Gasteiger partial charge in [0.2, 0.25) is 0 Å². The number of hydrogen-bond donors (Lipinski definition) is 1. The summed E-state index contributed by atoms with van der Waals surface area (Å²) >= 11 is 0. The van der Waals surface area contributed by atoms with Gasteiger partial charge in [-0.3, -0.25) is 0 Å². The van der Waals surface area contributed by atoms with Gasteiger partial charge in [-0.2, -0.15) is 0 Å². The van der Waals surface area contributed by atoms with Crippen LogP contribution in [0.2, 0.25) is 0 Å². The number of benzene rings is 2. The van der Waals surface area contributed by atoms with Gasteiger partial charge in [-0.1, -0.05) is 18.2 Å². The third kappa shape index (κ3) is 2.36. The molecule has 0 fully saturated rings. The van der Waals surface area contributed by atoms with Gasteiger partial charge in [0, 0.05) is 25.0 Å². The predicted molar refractivity (Wildman–Crippen MR) is 73.5 cm³/mol. The average Bonchev–Trinajstić information content (AvgIpc) is 2.38. The maximum Gasteiger partial charge on any atom is 0.123 e. The highest BCUT2D eigenvalue weighted by Gasteiger charge is 2.10. The summed E-state index contributed by atoms with van der Waals surface area (Å²) in [7, 11) is 1.97. The SMILES string of the molecule is Cc1ccccc1N(C)c1ccc(F)cc1CN. The second-order valence-electron chi connectivity index (χ2n) is 4.32. The minimum atomic E-state index is -0.252. The van der Waals surface area contributed by atoms with Gasteiger partial charge in [0.05, 0.1) is 0 Å². The van der Waals surface area contributed by atoms with Crippen molar-refractivity contribution < 1.29 is 4.39 Å². The molecule has 2 aromatic carbocycles. The van der Waals surface area contributed by atoms with Crippen molar-refractivity contribution in [3.05, 3.63) is 59.4 Å². The Morgan fingerprint density at radius 3 is 2.50 bits per heavy atom. The van der Waals surface area contributed by atoms with Crippen molar-refractivity contribution in [1.82, 2.24) is 0 Å². The molecule has 2 aromatic rings. The van der Waals surface area contributed by atoms with E-state index in [9.17, 15) is 4.39 Å². The summed E-state index contributed by atoms with van der Waals surface area (Å²) in [5.74, 6) is -0.252. The van der Waals surface area contributed by atoms with Gasteiger partial charge in [0.1, 0.15) is 5.82 Å². The third-order valence-electron chi connectivity index (χ3n) is 3.10. The lowest BCUT2D eigenvalue weighted by Crippen LogP contribution is -2.14. The molecule has 94 valence electrons. The summed E-state index contributed by atoms with van der Waals surface area (Å²) in [6.07, 6.45) is 0. The Hall–Kier alpha value is -1.87. The van der Waals surface area contributed by atoms with Crippen LogP contribution in [0.1, 0.15) is 11.1 Å². The standard InChI is InChI=1S/C15H17FN2/c1-11-5-3-4-6-14(11)18(2)15-8-7-13(16)9-12(15)10-17/h3-9H,10,17H2,1-2H3. The van der Waals surface area contributed by atoms with E-state index < -0.39 is 0 Å². The molecule has 0 spiro atoms. The van der Waals surface area contributed by atoms with Crippen LogP contribution in [0, 0.1) is 12.7 Å². The highest BCUT2D eigenvalue weighted by molar-refractivity contribution is 5.68. The van der Waals surface area contributed by atoms with Crippen molar-refractivity contribution in [2.24, 2.45) is 5.73 Å². The predicted octanol–water partition coefficient (Wildman–Crippen LogP) is 3.36. The molecule has 0 bridgehead atoms. The Bertz CT molecular complexity index is 552. The molecule has 0 aliphatic carbocycles. The molecule has 0 saturated carbocycles. The summed E-state index contributed by atoms with van der Waals surface area (Å²) in [4.78, 5) is 2.04. The fraction of sp³-hybridized carbons (Fsp3) is 0.200. The first-order valence-electron chi connectivity index (χ1n) is 5.91. The molecule has 0 atom stereocenters. The zero-order valence-electron chi connectivity index (χ0n) is 10.7. The molecule has 18 heavy (non-hydrogen) atoms. The molecule has 0 amide bonds. The number of anilines is 2. The number of para-hydroxylation sites is 1. The van der Waals surface area contributed by atoms with Gasteiger partial charge < -0.3 is 10.6 Å². The molecule has 0 heterocycles. The largest absolute Gasteiger partial charge is 0.344 e. The van der Waals surface area contributed by atoms with Crippen LogP contribution >= 0.6 is 0 Å². The molecule has 3 heteroatoms. The van der Waals surface area contributed by atoms with Gasteiger partial charge >= 0.3 is 0 Å². The minimum absolute atomic E-state index is 0.252. The topological polar surface area (TPSA) is 29.3 Å². The van der Waals surface area contributed by atoms with E-state index >= 15 is 0 Å². The van der Waals surface area contributed by atoms with Crippen LogP contribution in [0.25, 0.3) is 0 Å². The van der Waals surface area contributed by atoms with Crippen molar-refractivity contribution in [2.45, 2.75) is 13.5 Å². The summed E-state index contributed by atoms with van der Waals surface area (Å²) in [6, 6.07) is 12.8. The van der Waals surface area contributed by atoms with E-state index in [0.29, 0.717) is 6.54 Å². The minimum Gasteiger partial charge on any atom is -0.344 e. The molecule has 2 rings (SSSR count). The van der Waals surface area contributed by atoms with Crippen LogP contribution in [0.5, 0.6) is 0 Å². The Balaban J connectivity index is 2.46. The first kappa shape index (κ1) is 12.6. The van der Waals surface area contributed by atoms with Crippen LogP contribution in [-0.2, 0) is 6.54 Å². The van der Waals surface area contributed by atoms with Crippen LogP contribution in [-0.4, -0.2) is 7.05 Å². The van der Waals surface area contributed by atoms with Crippen molar-refractivity contribution >= 4 is 11.4 Å². The molecule has 0 aliphatic heterocycles. The molecule has 0 aromatic heterocycles. The summed E-state index contributed by atoms with van der Waals surface area (Å²) in [5.41, 5.74) is 9.69. The first-order chi connectivity index (χ1) is 8.63. The van der Waals surface area contributed by atoms with E-state index in [4.69, 9.17) is 5.73 Å². The number of halogens is 1. The lowest BCUT2D eigenvalue weighted by molar-refractivity contribution is 0.625. The van der Waals surface area contributed by atoms with Gasteiger partial charge in [-0.05, 0) is 42.3 Å². The van der Waals surface area contributed by atoms with Gasteiger partial charge in [-0.15, -0.1) is 0 Å². The maximum absolute atomic E-state index is 13.2. The van der Waals surface area contributed by atoms with E-state index in [1.807, 2.05) is 30.1 Å². The van der Waals surface area contributed by atoms with Gasteiger partial charge in [0.15, 0.2) is 0 Å². The van der Waals surface area contributed by atoms with E-state index in [-0.39, 0.29) is 5.82 Å². The van der Waals surface area contributed by atoms with Crippen LogP contribution in [0.15, 0.2) is 42.5 Å². The van der Waals surface area contributed by atoms with Crippen LogP contribution in [0.4, 0.5) is 15.8 Å². The van der Waals surface area contributed by atoms with E-state index in [2.05, 4.69) is 13.0 Å². The summed E-state index contributed by atoms with van der Waals surface area (Å²) in [5, 5.41) is 0. The van der Waals surface area contributed by atoms with Gasteiger partial charge in [-0.25, -0.2) is 4.39 Å². The molecular weight excluding hydrogens is 227 g/mol. The zero-order chi connectivity index (χ0) is 13.1. The smallest absolute Gasteiger partial charge is 0.123 e. The van der Waals surface area contributed by atoms with E-state index in [1.165, 1.54) is 17.7 Å². The maximum atomic E-state index is 13.2. The Kier molecular flexibility index (Phi) is 3.63. The quantitative estimate of drug-likeness (QED) is 0.897. The molecule has 0 unspecified atom stereocenters. The molecule has 2 nitrogen and oxygen atoms in total. The fourth-order valence-electron chi connectivity index (χ4n) is 2.11. The third-order valence-corrected chi connectivity index (χ3v) is 3.10. The van der Waals surface area contributed by atoms with Crippen LogP contribution in [0.3, 0.4) is 0 Å². The van der Waals surface area contributed by atoms with Crippen molar-refractivity contribution in [1.29, 1.82) is 0 Å². The highest BCUT2D eigenvalue weighted by atomic mass is 19.1. The molecule has 0 saturated heterocycles. The number of hydrogen-bond acceptors (Lipinski definition) is 2. The number of nitrogens with two attached hydrogens (primary N) is 1. The average molecular weight is 244 g/mol. The van der Waals surface area contributed by atoms with Crippen molar-refractivity contribution in [3.63, 3.8) is 0 Å². The Labute approximate surface area is 107 Å². The molecule has 0 aliphatic rings. The Morgan fingerprint density at radius 1 is 1.11 bits per heavy atom. The Morgan fingerprint density at radius 2 is 1.83 bits per heavy atom. The second kappa shape index (κ2) is 5.19. The summed E-state index contributed by atoms with van der Waals surface area (Å²) < 4.78 is 13.2. The number of rotatable bonds is 3. The van der Waals surface area contributed by atoms with E-state index in [0.717, 1.165) is 16.9 Å². The fourth-order valence-corrected chi connectivity index (χ4v) is 2.11. The van der Waals surface area contributed by atoms with Crippen molar-refractivity contribution in [2.75, 3.05) is 11.9 Å². The lowest BCUT2D eigenvalue weighted by atomic mass is 10.1. The van der Waals surface area contributed by atoms with Crippen LogP contribution < -0.4 is 10.6 Å². The highest BCUT2D eigenvalue weighted by Crippen LogP contribution is 2.29. The normalized spacial score (nSPS) is 10.4. The number of aryl methyl sites for hydroxylation is 1. The second-order valence-corrected chi connectivity index (χ2v) is 4.32. The summed E-state index contributed by atoms with van der Waals surface area (Å²) in [6.45, 7) is 2.38. The molecule has 2 N–H and O–H groups in total. The molecular formula is C15H17FN2. The zero-order valence-corrected chi connectivity index (χ0v) is 10.7. The monoisotopic (exact) mass is 244 g/mol. The van der Waals surface area contributed by atoms with Crippen molar-refractivity contribution in [3.8, 4) is 0 Å². The first-order valence-corrected chi connectivity index (χ1v) is 5.91. The molecule has 0 radical (unpaired) electrons. The van der Waals surface area contributed by atoms with E-state index in [1.54, 1.807) is 6.07 Å².